The molecule has 0 bridgehead atoms. The molecule has 0 saturated carbocycles. The Morgan fingerprint density at radius 3 is 2.89 bits per heavy atom. The van der Waals surface area contributed by atoms with Gasteiger partial charge in [-0.05, 0) is 44.1 Å². The van der Waals surface area contributed by atoms with Gasteiger partial charge in [0.1, 0.15) is 5.82 Å². The van der Waals surface area contributed by atoms with Gasteiger partial charge in [0.2, 0.25) is 0 Å². The second-order valence-corrected chi connectivity index (χ2v) is 4.57. The zero-order valence-electron chi connectivity index (χ0n) is 9.97. The molecular weight excluding hydrogens is 233 g/mol. The van der Waals surface area contributed by atoms with Crippen LogP contribution >= 0.6 is 0 Å². The first kappa shape index (κ1) is 11.3. The van der Waals surface area contributed by atoms with Crippen LogP contribution in [0.5, 0.6) is 5.75 Å². The Hall–Kier alpha value is -1.75. The minimum absolute atomic E-state index is 0.179. The van der Waals surface area contributed by atoms with Crippen molar-refractivity contribution in [1.82, 2.24) is 14.9 Å². The number of aromatic nitrogens is 2. The molecule has 1 fully saturated rings. The monoisotopic (exact) mass is 247 g/mol. The van der Waals surface area contributed by atoms with Crippen LogP contribution < -0.4 is 4.94 Å². The highest BCUT2D eigenvalue weighted by atomic mass is 19.3. The number of halogens is 1. The summed E-state index contributed by atoms with van der Waals surface area (Å²) in [4.78, 5) is 14.8. The minimum Gasteiger partial charge on any atom is -0.296 e. The van der Waals surface area contributed by atoms with Crippen molar-refractivity contribution in [3.63, 3.8) is 0 Å². The smallest absolute Gasteiger partial charge is 0.172 e. The van der Waals surface area contributed by atoms with Crippen molar-refractivity contribution < 1.29 is 9.47 Å². The van der Waals surface area contributed by atoms with E-state index >= 15 is 0 Å². The maximum Gasteiger partial charge on any atom is 0.172 e. The van der Waals surface area contributed by atoms with Gasteiger partial charge in [-0.3, -0.25) is 9.84 Å². The Balaban J connectivity index is 1.86. The van der Waals surface area contributed by atoms with E-state index in [-0.39, 0.29) is 5.75 Å². The summed E-state index contributed by atoms with van der Waals surface area (Å²) in [6.45, 7) is 3.03. The van der Waals surface area contributed by atoms with Crippen LogP contribution in [0.25, 0.3) is 10.9 Å². The quantitative estimate of drug-likeness (QED) is 0.835. The molecule has 0 spiro atoms. The number of hydrogen-bond acceptors (Lipinski definition) is 4. The van der Waals surface area contributed by atoms with Crippen molar-refractivity contribution in [3.8, 4) is 5.75 Å². The molecule has 0 radical (unpaired) electrons. The van der Waals surface area contributed by atoms with Gasteiger partial charge in [-0.1, -0.05) is 0 Å². The lowest BCUT2D eigenvalue weighted by Gasteiger charge is -2.13. The van der Waals surface area contributed by atoms with Gasteiger partial charge < -0.3 is 0 Å². The number of fused-ring (bicyclic) bond motifs is 1. The number of hydrogen-bond donors (Lipinski definition) is 0. The molecule has 1 aliphatic heterocycles. The van der Waals surface area contributed by atoms with Gasteiger partial charge in [-0.2, -0.15) is 0 Å². The molecule has 2 aromatic rings. The molecular formula is C13H14FN3O. The van der Waals surface area contributed by atoms with Crippen LogP contribution in [-0.2, 0) is 6.54 Å². The molecule has 1 aromatic heterocycles. The van der Waals surface area contributed by atoms with E-state index in [9.17, 15) is 4.53 Å². The fourth-order valence-electron chi connectivity index (χ4n) is 2.31. The fraction of sp³-hybridized carbons (Fsp3) is 0.385. The van der Waals surface area contributed by atoms with E-state index in [0.717, 1.165) is 36.4 Å². The molecule has 4 nitrogen and oxygen atoms in total. The Labute approximate surface area is 104 Å². The summed E-state index contributed by atoms with van der Waals surface area (Å²) < 4.78 is 12.1. The maximum absolute atomic E-state index is 12.1. The lowest BCUT2D eigenvalue weighted by atomic mass is 10.2. The van der Waals surface area contributed by atoms with Crippen molar-refractivity contribution in [2.75, 3.05) is 13.1 Å². The second-order valence-electron chi connectivity index (χ2n) is 4.57. The van der Waals surface area contributed by atoms with Crippen LogP contribution in [-0.4, -0.2) is 28.0 Å². The highest BCUT2D eigenvalue weighted by Gasteiger charge is 2.13. The van der Waals surface area contributed by atoms with Gasteiger partial charge in [0, 0.05) is 16.1 Å². The van der Waals surface area contributed by atoms with Crippen LogP contribution in [0.3, 0.4) is 0 Å². The van der Waals surface area contributed by atoms with Crippen molar-refractivity contribution in [1.29, 1.82) is 0 Å². The fourth-order valence-corrected chi connectivity index (χ4v) is 2.31. The Kier molecular flexibility index (Phi) is 3.06. The van der Waals surface area contributed by atoms with Gasteiger partial charge in [-0.15, -0.1) is 0 Å². The average molecular weight is 247 g/mol. The topological polar surface area (TPSA) is 38.2 Å². The molecule has 18 heavy (non-hydrogen) atoms. The molecule has 0 aliphatic carbocycles. The number of benzene rings is 1. The van der Waals surface area contributed by atoms with Crippen LogP contribution in [0.4, 0.5) is 4.53 Å². The van der Waals surface area contributed by atoms with Crippen LogP contribution in [0.2, 0.25) is 0 Å². The normalized spacial score (nSPS) is 16.3. The van der Waals surface area contributed by atoms with E-state index in [0.29, 0.717) is 0 Å². The molecule has 2 heterocycles. The van der Waals surface area contributed by atoms with E-state index in [2.05, 4.69) is 19.8 Å². The number of likely N-dealkylation sites (tertiary alicyclic amines) is 1. The Morgan fingerprint density at radius 1 is 1.28 bits per heavy atom. The van der Waals surface area contributed by atoms with E-state index in [1.807, 2.05) is 0 Å². The largest absolute Gasteiger partial charge is 0.296 e. The lowest BCUT2D eigenvalue weighted by molar-refractivity contribution is -0.00603. The number of nitrogens with zero attached hydrogens (tertiary/aromatic N) is 3. The summed E-state index contributed by atoms with van der Waals surface area (Å²) >= 11 is 0. The summed E-state index contributed by atoms with van der Waals surface area (Å²) in [7, 11) is 0. The molecule has 1 saturated heterocycles. The average Bonchev–Trinajstić information content (AvgIpc) is 2.91. The summed E-state index contributed by atoms with van der Waals surface area (Å²) in [5.41, 5.74) is 0.819. The molecule has 1 aliphatic rings. The summed E-state index contributed by atoms with van der Waals surface area (Å²) in [5.74, 6) is 0.997. The summed E-state index contributed by atoms with van der Waals surface area (Å²) in [5, 5.41) is 0.787. The van der Waals surface area contributed by atoms with E-state index in [1.165, 1.54) is 12.8 Å². The Bertz CT molecular complexity index is 555. The molecule has 94 valence electrons. The van der Waals surface area contributed by atoms with Crippen molar-refractivity contribution in [2.24, 2.45) is 0 Å². The van der Waals surface area contributed by atoms with Gasteiger partial charge in [0.05, 0.1) is 12.1 Å². The molecule has 0 amide bonds. The molecule has 0 unspecified atom stereocenters. The SMILES string of the molecule is FOc1ccc2nc(CN3CCCC3)ncc2c1. The standard InChI is InChI=1S/C13H14FN3O/c14-18-11-3-4-12-10(7-11)8-15-13(16-12)9-17-5-1-2-6-17/h3-4,7-8H,1-2,5-6,9H2. The van der Waals surface area contributed by atoms with Crippen LogP contribution in [0.15, 0.2) is 24.4 Å². The van der Waals surface area contributed by atoms with Gasteiger partial charge >= 0.3 is 0 Å². The zero-order chi connectivity index (χ0) is 12.4. The summed E-state index contributed by atoms with van der Waals surface area (Å²) in [6.07, 6.45) is 4.23. The van der Waals surface area contributed by atoms with Gasteiger partial charge in [-0.25, -0.2) is 9.97 Å². The minimum atomic E-state index is 0.179. The van der Waals surface area contributed by atoms with Crippen molar-refractivity contribution in [2.45, 2.75) is 19.4 Å². The van der Waals surface area contributed by atoms with Gasteiger partial charge in [0.15, 0.2) is 5.75 Å². The summed E-state index contributed by atoms with van der Waals surface area (Å²) in [6, 6.07) is 4.91. The van der Waals surface area contributed by atoms with Gasteiger partial charge in [0.25, 0.3) is 0 Å². The van der Waals surface area contributed by atoms with Crippen LogP contribution in [0.1, 0.15) is 18.7 Å². The molecule has 0 N–H and O–H groups in total. The predicted molar refractivity (Wildman–Crippen MR) is 65.8 cm³/mol. The first-order chi connectivity index (χ1) is 8.85. The first-order valence-corrected chi connectivity index (χ1v) is 6.12. The molecule has 1 aromatic carbocycles. The highest BCUT2D eigenvalue weighted by Crippen LogP contribution is 2.19. The predicted octanol–water partition coefficient (Wildman–Crippen LogP) is 2.49. The zero-order valence-corrected chi connectivity index (χ0v) is 9.97. The third-order valence-corrected chi connectivity index (χ3v) is 3.25. The van der Waals surface area contributed by atoms with E-state index in [1.54, 1.807) is 24.4 Å². The maximum atomic E-state index is 12.1. The number of rotatable bonds is 3. The highest BCUT2D eigenvalue weighted by molar-refractivity contribution is 5.79. The first-order valence-electron chi connectivity index (χ1n) is 6.12. The molecule has 0 atom stereocenters. The lowest BCUT2D eigenvalue weighted by Crippen LogP contribution is -2.19. The van der Waals surface area contributed by atoms with E-state index in [4.69, 9.17) is 0 Å². The van der Waals surface area contributed by atoms with Crippen molar-refractivity contribution in [3.05, 3.63) is 30.2 Å². The third kappa shape index (κ3) is 2.26. The molecule has 3 rings (SSSR count). The van der Waals surface area contributed by atoms with Crippen molar-refractivity contribution >= 4 is 10.9 Å². The molecule has 5 heteroatoms. The Morgan fingerprint density at radius 2 is 2.11 bits per heavy atom. The van der Waals surface area contributed by atoms with E-state index < -0.39 is 0 Å². The van der Waals surface area contributed by atoms with Crippen LogP contribution in [0, 0.1) is 0 Å². The third-order valence-electron chi connectivity index (χ3n) is 3.25. The second kappa shape index (κ2) is 4.86.